The van der Waals surface area contributed by atoms with Crippen molar-refractivity contribution in [3.8, 4) is 11.5 Å². The lowest BCUT2D eigenvalue weighted by Gasteiger charge is -2.09. The van der Waals surface area contributed by atoms with Crippen molar-refractivity contribution < 1.29 is 30.3 Å². The summed E-state index contributed by atoms with van der Waals surface area (Å²) in [5, 5.41) is 9.06. The molecule has 9 heteroatoms. The van der Waals surface area contributed by atoms with E-state index in [2.05, 4.69) is 8.37 Å². The fourth-order valence-electron chi connectivity index (χ4n) is 1.15. The first-order valence-electron chi connectivity index (χ1n) is 4.63. The molecule has 0 aliphatic rings. The number of aliphatic hydroxyl groups excluding tert-OH is 1. The second kappa shape index (κ2) is 5.12. The van der Waals surface area contributed by atoms with E-state index in [0.717, 1.165) is 12.5 Å². The van der Waals surface area contributed by atoms with E-state index in [4.69, 9.17) is 5.11 Å². The minimum Gasteiger partial charge on any atom is -0.392 e. The topological polar surface area (TPSA) is 107 Å². The summed E-state index contributed by atoms with van der Waals surface area (Å²) in [4.78, 5) is 0. The molecule has 0 aliphatic carbocycles. The van der Waals surface area contributed by atoms with Gasteiger partial charge in [-0.15, -0.1) is 0 Å². The average molecular weight is 296 g/mol. The molecule has 0 bridgehead atoms. The van der Waals surface area contributed by atoms with Crippen LogP contribution in [0.4, 0.5) is 0 Å². The van der Waals surface area contributed by atoms with E-state index in [1.807, 2.05) is 0 Å². The van der Waals surface area contributed by atoms with Crippen LogP contribution in [0.1, 0.15) is 5.56 Å². The Labute approximate surface area is 105 Å². The van der Waals surface area contributed by atoms with Gasteiger partial charge in [0.1, 0.15) is 11.5 Å². The molecule has 0 heterocycles. The summed E-state index contributed by atoms with van der Waals surface area (Å²) in [6, 6.07) is 3.61. The minimum atomic E-state index is -3.73. The van der Waals surface area contributed by atoms with Gasteiger partial charge in [-0.3, -0.25) is 0 Å². The van der Waals surface area contributed by atoms with Gasteiger partial charge in [-0.05, 0) is 18.2 Å². The zero-order chi connectivity index (χ0) is 14.0. The smallest absolute Gasteiger partial charge is 0.306 e. The van der Waals surface area contributed by atoms with Gasteiger partial charge >= 0.3 is 20.2 Å². The quantitative estimate of drug-likeness (QED) is 0.753. The van der Waals surface area contributed by atoms with Crippen LogP contribution in [0.2, 0.25) is 0 Å². The van der Waals surface area contributed by atoms with E-state index in [-0.39, 0.29) is 17.1 Å². The van der Waals surface area contributed by atoms with Crippen molar-refractivity contribution in [2.45, 2.75) is 6.61 Å². The molecule has 0 atom stereocenters. The molecule has 0 fully saturated rings. The third-order valence-electron chi connectivity index (χ3n) is 1.69. The molecule has 0 saturated carbocycles. The maximum atomic E-state index is 11.0. The van der Waals surface area contributed by atoms with E-state index >= 15 is 0 Å². The fraction of sp³-hybridized carbons (Fsp3) is 0.333. The zero-order valence-corrected chi connectivity index (χ0v) is 11.3. The Balaban J connectivity index is 3.12. The molecule has 7 nitrogen and oxygen atoms in total. The molecule has 0 saturated heterocycles. The van der Waals surface area contributed by atoms with Crippen LogP contribution in [0.5, 0.6) is 11.5 Å². The summed E-state index contributed by atoms with van der Waals surface area (Å²) in [6.07, 6.45) is 1.72. The molecule has 1 aromatic carbocycles. The van der Waals surface area contributed by atoms with Crippen molar-refractivity contribution in [3.05, 3.63) is 23.8 Å². The highest BCUT2D eigenvalue weighted by Gasteiger charge is 2.12. The van der Waals surface area contributed by atoms with Crippen LogP contribution in [-0.2, 0) is 26.8 Å². The molecular formula is C9H12O7S2. The first kappa shape index (κ1) is 14.7. The summed E-state index contributed by atoms with van der Waals surface area (Å²) in [5.41, 5.74) is 0.0987. The summed E-state index contributed by atoms with van der Waals surface area (Å²) in [7, 11) is -7.42. The van der Waals surface area contributed by atoms with Crippen molar-refractivity contribution in [3.63, 3.8) is 0 Å². The second-order valence-electron chi connectivity index (χ2n) is 3.50. The maximum absolute atomic E-state index is 11.0. The van der Waals surface area contributed by atoms with Crippen LogP contribution in [-0.4, -0.2) is 34.5 Å². The monoisotopic (exact) mass is 296 g/mol. The van der Waals surface area contributed by atoms with Gasteiger partial charge in [0.15, 0.2) is 0 Å². The Morgan fingerprint density at radius 1 is 1.06 bits per heavy atom. The van der Waals surface area contributed by atoms with E-state index < -0.39 is 26.8 Å². The lowest BCUT2D eigenvalue weighted by molar-refractivity contribution is 0.278. The highest BCUT2D eigenvalue weighted by Crippen LogP contribution is 2.26. The van der Waals surface area contributed by atoms with Crippen LogP contribution < -0.4 is 8.37 Å². The highest BCUT2D eigenvalue weighted by atomic mass is 32.2. The molecule has 0 amide bonds. The molecule has 18 heavy (non-hydrogen) atoms. The SMILES string of the molecule is CS(=O)(=O)Oc1ccc(OS(C)(=O)=O)c(CO)c1. The van der Waals surface area contributed by atoms with Crippen LogP contribution in [0, 0.1) is 0 Å². The van der Waals surface area contributed by atoms with Crippen molar-refractivity contribution >= 4 is 20.2 Å². The van der Waals surface area contributed by atoms with E-state index in [1.165, 1.54) is 18.2 Å². The van der Waals surface area contributed by atoms with Crippen molar-refractivity contribution in [2.24, 2.45) is 0 Å². The standard InChI is InChI=1S/C9H12O7S2/c1-17(11,12)15-8-3-4-9(7(5-8)6-10)16-18(2,13)14/h3-5,10H,6H2,1-2H3. The van der Waals surface area contributed by atoms with Gasteiger partial charge in [0, 0.05) is 5.56 Å². The lowest BCUT2D eigenvalue weighted by Crippen LogP contribution is -2.09. The Morgan fingerprint density at radius 2 is 1.61 bits per heavy atom. The molecule has 0 aliphatic heterocycles. The van der Waals surface area contributed by atoms with Gasteiger partial charge in [0.05, 0.1) is 19.1 Å². The largest absolute Gasteiger partial charge is 0.392 e. The molecule has 0 radical (unpaired) electrons. The molecule has 1 N–H and O–H groups in total. The number of hydrogen-bond acceptors (Lipinski definition) is 7. The molecule has 1 aromatic rings. The fourth-order valence-corrected chi connectivity index (χ4v) is 2.09. The minimum absolute atomic E-state index is 0.0394. The van der Waals surface area contributed by atoms with Gasteiger partial charge in [-0.2, -0.15) is 16.8 Å². The Morgan fingerprint density at radius 3 is 2.06 bits per heavy atom. The summed E-state index contributed by atoms with van der Waals surface area (Å²) in [6.45, 7) is -0.522. The van der Waals surface area contributed by atoms with Gasteiger partial charge in [0.2, 0.25) is 0 Å². The normalized spacial score (nSPS) is 12.2. The van der Waals surface area contributed by atoms with E-state index in [9.17, 15) is 16.8 Å². The summed E-state index contributed by atoms with van der Waals surface area (Å²) in [5.74, 6) is -0.122. The van der Waals surface area contributed by atoms with Gasteiger partial charge in [-0.25, -0.2) is 0 Å². The van der Waals surface area contributed by atoms with Crippen LogP contribution in [0.15, 0.2) is 18.2 Å². The van der Waals surface area contributed by atoms with Crippen LogP contribution >= 0.6 is 0 Å². The molecule has 1 rings (SSSR count). The summed E-state index contributed by atoms with van der Waals surface area (Å²) >= 11 is 0. The Bertz CT molecular complexity index is 631. The third-order valence-corrected chi connectivity index (χ3v) is 2.67. The summed E-state index contributed by atoms with van der Waals surface area (Å²) < 4.78 is 52.9. The predicted molar refractivity (Wildman–Crippen MR) is 63.3 cm³/mol. The Kier molecular flexibility index (Phi) is 4.20. The zero-order valence-electron chi connectivity index (χ0n) is 9.65. The van der Waals surface area contributed by atoms with Crippen molar-refractivity contribution in [1.82, 2.24) is 0 Å². The van der Waals surface area contributed by atoms with E-state index in [1.54, 1.807) is 0 Å². The number of aliphatic hydroxyl groups is 1. The first-order chi connectivity index (χ1) is 8.11. The van der Waals surface area contributed by atoms with Gasteiger partial charge < -0.3 is 13.5 Å². The number of rotatable bonds is 5. The van der Waals surface area contributed by atoms with Gasteiger partial charge in [-0.1, -0.05) is 0 Å². The van der Waals surface area contributed by atoms with Crippen LogP contribution in [0.3, 0.4) is 0 Å². The van der Waals surface area contributed by atoms with Crippen LogP contribution in [0.25, 0.3) is 0 Å². The van der Waals surface area contributed by atoms with E-state index in [0.29, 0.717) is 0 Å². The molecule has 102 valence electrons. The molecule has 0 spiro atoms. The number of hydrogen-bond donors (Lipinski definition) is 1. The Hall–Kier alpha value is -1.32. The average Bonchev–Trinajstić information content (AvgIpc) is 2.16. The molecular weight excluding hydrogens is 284 g/mol. The third kappa shape index (κ3) is 4.90. The van der Waals surface area contributed by atoms with Crippen molar-refractivity contribution in [1.29, 1.82) is 0 Å². The second-order valence-corrected chi connectivity index (χ2v) is 6.65. The van der Waals surface area contributed by atoms with Crippen molar-refractivity contribution in [2.75, 3.05) is 12.5 Å². The van der Waals surface area contributed by atoms with Gasteiger partial charge in [0.25, 0.3) is 0 Å². The predicted octanol–water partition coefficient (Wildman–Crippen LogP) is -0.144. The number of benzene rings is 1. The maximum Gasteiger partial charge on any atom is 0.306 e. The lowest BCUT2D eigenvalue weighted by atomic mass is 10.2. The molecule has 0 aromatic heterocycles. The highest BCUT2D eigenvalue weighted by molar-refractivity contribution is 7.86. The first-order valence-corrected chi connectivity index (χ1v) is 8.27. The molecule has 0 unspecified atom stereocenters.